The van der Waals surface area contributed by atoms with Crippen molar-refractivity contribution in [2.45, 2.75) is 130 Å². The Bertz CT molecular complexity index is 343. The molecule has 0 heterocycles. The Morgan fingerprint density at radius 2 is 0.560 bits per heavy atom. The highest BCUT2D eigenvalue weighted by atomic mass is 31.2. The Morgan fingerprint density at radius 3 is 0.680 bits per heavy atom. The van der Waals surface area contributed by atoms with Crippen LogP contribution in [0.5, 0.6) is 0 Å². The lowest BCUT2D eigenvalue weighted by Gasteiger charge is -2.49. The van der Waals surface area contributed by atoms with Crippen molar-refractivity contribution in [3.63, 3.8) is 0 Å². The molecule has 0 spiro atoms. The zero-order valence-electron chi connectivity index (χ0n) is 20.3. The van der Waals surface area contributed by atoms with E-state index < -0.39 is 0 Å². The molecule has 0 aliphatic heterocycles. The molecule has 25 heavy (non-hydrogen) atoms. The minimum atomic E-state index is -0.00953. The molecular weight excluding hydrogens is 357 g/mol. The smallest absolute Gasteiger partial charge is 0.0103 e. The standard InChI is InChI=1S/C22H49P3/c1-18(2,3)23(16-24(19(4,5)6)20(7,8)9)17-25(21(10,11)12)22(13,14)15/h16-17H2,1-15H3. The van der Waals surface area contributed by atoms with Gasteiger partial charge >= 0.3 is 0 Å². The second kappa shape index (κ2) is 8.34. The summed E-state index contributed by atoms with van der Waals surface area (Å²) in [6, 6.07) is 0. The number of hydrogen-bond donors (Lipinski definition) is 0. The molecule has 0 unspecified atom stereocenters. The van der Waals surface area contributed by atoms with Crippen molar-refractivity contribution >= 4 is 23.8 Å². The summed E-state index contributed by atoms with van der Waals surface area (Å²) in [6.45, 7) is 37.3. The van der Waals surface area contributed by atoms with Crippen molar-refractivity contribution in [3.8, 4) is 0 Å². The Balaban J connectivity index is 5.82. The molecule has 0 aliphatic rings. The average molecular weight is 407 g/mol. The Morgan fingerprint density at radius 1 is 0.360 bits per heavy atom. The molecule has 0 bridgehead atoms. The summed E-state index contributed by atoms with van der Waals surface area (Å²) in [5.74, 6) is 2.96. The molecule has 0 aromatic rings. The minimum absolute atomic E-state index is 0.00953. The fourth-order valence-electron chi connectivity index (χ4n) is 3.67. The molecule has 0 saturated heterocycles. The van der Waals surface area contributed by atoms with Crippen LogP contribution in [0.3, 0.4) is 0 Å². The molecule has 0 N–H and O–H groups in total. The fourth-order valence-corrected chi connectivity index (χ4v) is 21.8. The molecule has 0 aromatic carbocycles. The third-order valence-electron chi connectivity index (χ3n) is 4.81. The molecule has 0 atom stereocenters. The van der Waals surface area contributed by atoms with E-state index in [1.807, 2.05) is 0 Å². The molecular formula is C22H49P3. The molecule has 0 saturated carbocycles. The number of rotatable bonds is 4. The first kappa shape index (κ1) is 26.3. The molecule has 0 aliphatic carbocycles. The Labute approximate surface area is 165 Å². The van der Waals surface area contributed by atoms with Gasteiger partial charge in [-0.15, -0.1) is 0 Å². The lowest BCUT2D eigenvalue weighted by atomic mass is 10.2. The van der Waals surface area contributed by atoms with Crippen LogP contribution >= 0.6 is 23.8 Å². The highest BCUT2D eigenvalue weighted by Crippen LogP contribution is 2.74. The summed E-state index contributed by atoms with van der Waals surface area (Å²) >= 11 is 0. The van der Waals surface area contributed by atoms with Gasteiger partial charge in [0.15, 0.2) is 0 Å². The van der Waals surface area contributed by atoms with E-state index >= 15 is 0 Å². The van der Waals surface area contributed by atoms with Crippen molar-refractivity contribution in [2.24, 2.45) is 0 Å². The summed E-state index contributed by atoms with van der Waals surface area (Å²) in [5.41, 5.74) is 0. The summed E-state index contributed by atoms with van der Waals surface area (Å²) in [6.07, 6.45) is 0. The van der Waals surface area contributed by atoms with Gasteiger partial charge in [0.2, 0.25) is 0 Å². The molecule has 0 amide bonds. The first-order valence-electron chi connectivity index (χ1n) is 9.88. The van der Waals surface area contributed by atoms with E-state index in [1.54, 1.807) is 0 Å². The molecule has 152 valence electrons. The zero-order valence-corrected chi connectivity index (χ0v) is 22.9. The van der Waals surface area contributed by atoms with Crippen LogP contribution in [0.15, 0.2) is 0 Å². The maximum atomic E-state index is 2.51. The van der Waals surface area contributed by atoms with Crippen molar-refractivity contribution in [1.29, 1.82) is 0 Å². The normalized spacial score (nSPS) is 15.6. The van der Waals surface area contributed by atoms with Crippen molar-refractivity contribution in [3.05, 3.63) is 0 Å². The van der Waals surface area contributed by atoms with Crippen molar-refractivity contribution in [2.75, 3.05) is 11.8 Å². The third-order valence-corrected chi connectivity index (χ3v) is 18.2. The minimum Gasteiger partial charge on any atom is -0.0923 e. The van der Waals surface area contributed by atoms with Gasteiger partial charge in [-0.05, 0) is 37.6 Å². The van der Waals surface area contributed by atoms with E-state index in [-0.39, 0.29) is 23.8 Å². The highest BCUT2D eigenvalue weighted by Gasteiger charge is 2.42. The van der Waals surface area contributed by atoms with E-state index in [2.05, 4.69) is 104 Å². The largest absolute Gasteiger partial charge is 0.0923 e. The first-order chi connectivity index (χ1) is 10.6. The van der Waals surface area contributed by atoms with Gasteiger partial charge in [0.05, 0.1) is 0 Å². The van der Waals surface area contributed by atoms with E-state index in [4.69, 9.17) is 0 Å². The topological polar surface area (TPSA) is 0 Å². The Kier molecular flexibility index (Phi) is 8.77. The van der Waals surface area contributed by atoms with Crippen LogP contribution in [-0.2, 0) is 0 Å². The van der Waals surface area contributed by atoms with Crippen molar-refractivity contribution < 1.29 is 0 Å². The summed E-state index contributed by atoms with van der Waals surface area (Å²) in [7, 11) is 0.000995. The predicted octanol–water partition coefficient (Wildman–Crippen LogP) is 9.34. The second-order valence-electron chi connectivity index (χ2n) is 12.5. The average Bonchev–Trinajstić information content (AvgIpc) is 2.18. The van der Waals surface area contributed by atoms with Gasteiger partial charge in [0, 0.05) is 0 Å². The summed E-state index contributed by atoms with van der Waals surface area (Å²) in [5, 5.41) is 2.19. The van der Waals surface area contributed by atoms with Gasteiger partial charge in [-0.1, -0.05) is 128 Å². The van der Waals surface area contributed by atoms with Gasteiger partial charge in [0.25, 0.3) is 0 Å². The second-order valence-corrected chi connectivity index (χ2v) is 24.3. The van der Waals surface area contributed by atoms with E-state index in [1.165, 1.54) is 11.8 Å². The zero-order chi connectivity index (χ0) is 20.6. The lowest BCUT2D eigenvalue weighted by molar-refractivity contribution is 0.705. The molecule has 0 nitrogen and oxygen atoms in total. The molecule has 0 rings (SSSR count). The molecule has 3 heteroatoms. The van der Waals surface area contributed by atoms with Crippen LogP contribution in [0.2, 0.25) is 0 Å². The van der Waals surface area contributed by atoms with Crippen LogP contribution < -0.4 is 0 Å². The predicted molar refractivity (Wildman–Crippen MR) is 129 cm³/mol. The van der Waals surface area contributed by atoms with Crippen molar-refractivity contribution in [1.82, 2.24) is 0 Å². The van der Waals surface area contributed by atoms with Gasteiger partial charge in [-0.2, -0.15) is 0 Å². The molecule has 0 aromatic heterocycles. The van der Waals surface area contributed by atoms with E-state index in [0.717, 1.165) is 0 Å². The summed E-state index contributed by atoms with van der Waals surface area (Å²) in [4.78, 5) is 0. The van der Waals surface area contributed by atoms with E-state index in [9.17, 15) is 0 Å². The lowest BCUT2D eigenvalue weighted by Crippen LogP contribution is -2.31. The maximum Gasteiger partial charge on any atom is -0.0103 e. The van der Waals surface area contributed by atoms with Crippen LogP contribution in [0.1, 0.15) is 104 Å². The van der Waals surface area contributed by atoms with Crippen LogP contribution in [0.25, 0.3) is 0 Å². The number of hydrogen-bond acceptors (Lipinski definition) is 0. The molecule has 0 radical (unpaired) electrons. The van der Waals surface area contributed by atoms with Crippen LogP contribution in [0.4, 0.5) is 0 Å². The Hall–Kier alpha value is 1.29. The highest BCUT2D eigenvalue weighted by molar-refractivity contribution is 7.83. The summed E-state index contributed by atoms with van der Waals surface area (Å²) < 4.78 is 0. The van der Waals surface area contributed by atoms with Crippen LogP contribution in [0, 0.1) is 0 Å². The first-order valence-corrected chi connectivity index (χ1v) is 14.6. The monoisotopic (exact) mass is 406 g/mol. The van der Waals surface area contributed by atoms with Crippen LogP contribution in [-0.4, -0.2) is 37.6 Å². The van der Waals surface area contributed by atoms with Gasteiger partial charge in [-0.3, -0.25) is 0 Å². The SMILES string of the molecule is CC(C)(C)P(CP(C(C)(C)C)C(C)(C)C)CP(C(C)(C)C)C(C)(C)C. The third kappa shape index (κ3) is 8.89. The van der Waals surface area contributed by atoms with Gasteiger partial charge in [0.1, 0.15) is 0 Å². The van der Waals surface area contributed by atoms with Gasteiger partial charge in [-0.25, -0.2) is 0 Å². The fraction of sp³-hybridized carbons (Fsp3) is 1.00. The van der Waals surface area contributed by atoms with E-state index in [0.29, 0.717) is 25.8 Å². The quantitative estimate of drug-likeness (QED) is 0.408. The molecule has 0 fully saturated rings. The van der Waals surface area contributed by atoms with Gasteiger partial charge < -0.3 is 0 Å². The maximum absolute atomic E-state index is 2.51.